The summed E-state index contributed by atoms with van der Waals surface area (Å²) >= 11 is 3.44. The molecule has 1 aromatic carbocycles. The van der Waals surface area contributed by atoms with Crippen LogP contribution in [0.2, 0.25) is 0 Å². The minimum atomic E-state index is -0.189. The van der Waals surface area contributed by atoms with Crippen LogP contribution in [0.25, 0.3) is 0 Å². The zero-order valence-corrected chi connectivity index (χ0v) is 18.2. The molecule has 138 valence electrons. The zero-order valence-electron chi connectivity index (χ0n) is 14.2. The Morgan fingerprint density at radius 3 is 2.96 bits per heavy atom. The maximum atomic E-state index is 13.2. The third-order valence-corrected chi connectivity index (χ3v) is 5.20. The summed E-state index contributed by atoms with van der Waals surface area (Å²) < 4.78 is 14.3. The number of hydrogen-bond donors (Lipinski definition) is 2. The molecule has 25 heavy (non-hydrogen) atoms. The summed E-state index contributed by atoms with van der Waals surface area (Å²) in [5.74, 6) is 1.64. The predicted octanol–water partition coefficient (Wildman–Crippen LogP) is 4.18. The Morgan fingerprint density at radius 2 is 2.24 bits per heavy atom. The molecular weight excluding hydrogens is 470 g/mol. The minimum absolute atomic E-state index is 0. The highest BCUT2D eigenvalue weighted by molar-refractivity contribution is 14.0. The molecule has 2 N–H and O–H groups in total. The van der Waals surface area contributed by atoms with Gasteiger partial charge >= 0.3 is 0 Å². The first kappa shape index (κ1) is 22.2. The summed E-state index contributed by atoms with van der Waals surface area (Å²) in [7, 11) is 0. The molecule has 1 aromatic heterocycles. The van der Waals surface area contributed by atoms with Crippen molar-refractivity contribution in [3.63, 3.8) is 0 Å². The fraction of sp³-hybridized carbons (Fsp3) is 0.412. The van der Waals surface area contributed by atoms with Gasteiger partial charge in [0.25, 0.3) is 0 Å². The van der Waals surface area contributed by atoms with Crippen molar-refractivity contribution < 1.29 is 4.39 Å². The summed E-state index contributed by atoms with van der Waals surface area (Å²) in [6.07, 6.45) is 3.60. The standard InChI is InChI=1S/C17H23FN4S2.HI/c1-2-19-16(20-8-4-11-23-17-22-10-12-24-17)21-9-7-14-5-3-6-15(18)13-14;/h3,5-6,10,12-13H,2,4,7-9,11H2,1H3,(H2,19,20,21);1H. The molecule has 0 unspecified atom stereocenters. The Balaban J connectivity index is 0.00000312. The Labute approximate surface area is 174 Å². The smallest absolute Gasteiger partial charge is 0.191 e. The van der Waals surface area contributed by atoms with E-state index in [1.807, 2.05) is 24.6 Å². The number of thioether (sulfide) groups is 1. The number of nitrogens with zero attached hydrogens (tertiary/aromatic N) is 2. The van der Waals surface area contributed by atoms with Crippen LogP contribution in [0.3, 0.4) is 0 Å². The molecule has 0 saturated carbocycles. The molecule has 2 aromatic rings. The van der Waals surface area contributed by atoms with Crippen LogP contribution < -0.4 is 10.6 Å². The van der Waals surface area contributed by atoms with Gasteiger partial charge < -0.3 is 10.6 Å². The molecule has 0 fully saturated rings. The van der Waals surface area contributed by atoms with Gasteiger partial charge in [-0.05, 0) is 37.5 Å². The van der Waals surface area contributed by atoms with Crippen LogP contribution in [0, 0.1) is 5.82 Å². The summed E-state index contributed by atoms with van der Waals surface area (Å²) in [6.45, 7) is 4.36. The lowest BCUT2D eigenvalue weighted by Crippen LogP contribution is -2.38. The van der Waals surface area contributed by atoms with Crippen molar-refractivity contribution in [3.8, 4) is 0 Å². The van der Waals surface area contributed by atoms with Gasteiger partial charge in [0.15, 0.2) is 5.96 Å². The van der Waals surface area contributed by atoms with E-state index in [9.17, 15) is 4.39 Å². The van der Waals surface area contributed by atoms with Crippen LogP contribution in [-0.2, 0) is 6.42 Å². The molecule has 0 aliphatic carbocycles. The third-order valence-electron chi connectivity index (χ3n) is 3.15. The molecule has 8 heteroatoms. The van der Waals surface area contributed by atoms with Crippen molar-refractivity contribution in [2.24, 2.45) is 4.99 Å². The van der Waals surface area contributed by atoms with Crippen molar-refractivity contribution in [1.82, 2.24) is 15.6 Å². The minimum Gasteiger partial charge on any atom is -0.357 e. The largest absolute Gasteiger partial charge is 0.357 e. The van der Waals surface area contributed by atoms with E-state index < -0.39 is 0 Å². The highest BCUT2D eigenvalue weighted by Gasteiger charge is 2.00. The third kappa shape index (κ3) is 9.41. The van der Waals surface area contributed by atoms with Gasteiger partial charge in [-0.15, -0.1) is 35.3 Å². The fourth-order valence-corrected chi connectivity index (χ4v) is 3.69. The second kappa shape index (κ2) is 13.3. The summed E-state index contributed by atoms with van der Waals surface area (Å²) in [4.78, 5) is 8.82. The highest BCUT2D eigenvalue weighted by Crippen LogP contribution is 2.20. The number of benzene rings is 1. The SMILES string of the molecule is CCNC(=NCCCSc1nccs1)NCCc1cccc(F)c1.I. The molecule has 2 rings (SSSR count). The van der Waals surface area contributed by atoms with E-state index in [1.165, 1.54) is 6.07 Å². The first-order chi connectivity index (χ1) is 11.8. The van der Waals surface area contributed by atoms with Crippen molar-refractivity contribution >= 4 is 53.0 Å². The maximum Gasteiger partial charge on any atom is 0.191 e. The van der Waals surface area contributed by atoms with Crippen LogP contribution in [0.15, 0.2) is 45.2 Å². The normalized spacial score (nSPS) is 11.0. The van der Waals surface area contributed by atoms with Crippen LogP contribution in [0.5, 0.6) is 0 Å². The van der Waals surface area contributed by atoms with Gasteiger partial charge in [-0.25, -0.2) is 9.37 Å². The van der Waals surface area contributed by atoms with E-state index in [4.69, 9.17) is 0 Å². The van der Waals surface area contributed by atoms with Crippen molar-refractivity contribution in [2.75, 3.05) is 25.4 Å². The maximum absolute atomic E-state index is 13.2. The molecule has 0 saturated heterocycles. The van der Waals surface area contributed by atoms with E-state index in [0.29, 0.717) is 0 Å². The molecule has 0 radical (unpaired) electrons. The molecule has 0 spiro atoms. The van der Waals surface area contributed by atoms with E-state index in [-0.39, 0.29) is 29.8 Å². The second-order valence-corrected chi connectivity index (χ2v) is 7.30. The predicted molar refractivity (Wildman–Crippen MR) is 117 cm³/mol. The summed E-state index contributed by atoms with van der Waals surface area (Å²) in [5, 5.41) is 8.52. The zero-order chi connectivity index (χ0) is 17.0. The summed E-state index contributed by atoms with van der Waals surface area (Å²) in [5.41, 5.74) is 0.984. The topological polar surface area (TPSA) is 49.3 Å². The lowest BCUT2D eigenvalue weighted by Gasteiger charge is -2.11. The van der Waals surface area contributed by atoms with Crippen LogP contribution in [0.1, 0.15) is 18.9 Å². The molecule has 0 atom stereocenters. The Hall–Kier alpha value is -0.870. The van der Waals surface area contributed by atoms with Gasteiger partial charge in [-0.2, -0.15) is 0 Å². The lowest BCUT2D eigenvalue weighted by molar-refractivity contribution is 0.625. The van der Waals surface area contributed by atoms with Gasteiger partial charge in [-0.1, -0.05) is 23.9 Å². The number of thiazole rings is 1. The average Bonchev–Trinajstić information content (AvgIpc) is 3.08. The molecule has 0 amide bonds. The fourth-order valence-electron chi connectivity index (χ4n) is 2.06. The van der Waals surface area contributed by atoms with Gasteiger partial charge in [0.05, 0.1) is 0 Å². The van der Waals surface area contributed by atoms with Crippen molar-refractivity contribution in [2.45, 2.75) is 24.1 Å². The van der Waals surface area contributed by atoms with Gasteiger partial charge in [-0.3, -0.25) is 4.99 Å². The van der Waals surface area contributed by atoms with E-state index in [1.54, 1.807) is 35.2 Å². The lowest BCUT2D eigenvalue weighted by atomic mass is 10.1. The van der Waals surface area contributed by atoms with Crippen molar-refractivity contribution in [3.05, 3.63) is 47.2 Å². The number of hydrogen-bond acceptors (Lipinski definition) is 4. The molecule has 0 aliphatic rings. The Bertz CT molecular complexity index is 623. The van der Waals surface area contributed by atoms with Gasteiger partial charge in [0.2, 0.25) is 0 Å². The first-order valence-electron chi connectivity index (χ1n) is 8.07. The quantitative estimate of drug-likeness (QED) is 0.181. The van der Waals surface area contributed by atoms with Crippen LogP contribution >= 0.6 is 47.1 Å². The molecule has 0 aliphatic heterocycles. The number of rotatable bonds is 9. The second-order valence-electron chi connectivity index (χ2n) is 5.07. The Kier molecular flexibility index (Phi) is 11.8. The monoisotopic (exact) mass is 494 g/mol. The number of aliphatic imine (C=N–C) groups is 1. The van der Waals surface area contributed by atoms with E-state index in [2.05, 4.69) is 20.6 Å². The molecule has 0 bridgehead atoms. The van der Waals surface area contributed by atoms with Crippen LogP contribution in [-0.4, -0.2) is 36.3 Å². The average molecular weight is 494 g/mol. The van der Waals surface area contributed by atoms with E-state index >= 15 is 0 Å². The number of halogens is 2. The number of aromatic nitrogens is 1. The molecule has 1 heterocycles. The van der Waals surface area contributed by atoms with Gasteiger partial charge in [0.1, 0.15) is 10.2 Å². The highest BCUT2D eigenvalue weighted by atomic mass is 127. The molecule has 4 nitrogen and oxygen atoms in total. The van der Waals surface area contributed by atoms with E-state index in [0.717, 1.165) is 54.1 Å². The van der Waals surface area contributed by atoms with Crippen molar-refractivity contribution in [1.29, 1.82) is 0 Å². The van der Waals surface area contributed by atoms with Gasteiger partial charge in [0, 0.05) is 37.0 Å². The number of nitrogens with one attached hydrogen (secondary N) is 2. The molecular formula is C17H24FIN4S2. The Morgan fingerprint density at radius 1 is 1.36 bits per heavy atom. The first-order valence-corrected chi connectivity index (χ1v) is 9.93. The summed E-state index contributed by atoms with van der Waals surface area (Å²) in [6, 6.07) is 6.71. The number of guanidine groups is 1. The van der Waals surface area contributed by atoms with Crippen LogP contribution in [0.4, 0.5) is 4.39 Å².